The average Bonchev–Trinajstić information content (AvgIpc) is 3.04. The molecule has 0 aromatic heterocycles. The van der Waals surface area contributed by atoms with E-state index in [4.69, 9.17) is 9.47 Å². The molecule has 8 nitrogen and oxygen atoms in total. The van der Waals surface area contributed by atoms with Crippen LogP contribution in [0.25, 0.3) is 11.1 Å². The number of carboxylic acids is 1. The molecule has 0 heterocycles. The lowest BCUT2D eigenvalue weighted by molar-refractivity contribution is -0.137. The number of methoxy groups -OCH3 is 1. The van der Waals surface area contributed by atoms with Crippen LogP contribution in [0.15, 0.2) is 84.9 Å². The summed E-state index contributed by atoms with van der Waals surface area (Å²) >= 11 is 0. The fourth-order valence-electron chi connectivity index (χ4n) is 4.91. The molecule has 0 atom stereocenters. The second-order valence-electron chi connectivity index (χ2n) is 10.1. The van der Waals surface area contributed by atoms with E-state index in [0.29, 0.717) is 35.7 Å². The summed E-state index contributed by atoms with van der Waals surface area (Å²) in [6.45, 7) is 2.12. The van der Waals surface area contributed by atoms with E-state index < -0.39 is 29.4 Å². The quantitative estimate of drug-likeness (QED) is 0.177. The van der Waals surface area contributed by atoms with E-state index in [0.717, 1.165) is 17.7 Å². The topological polar surface area (TPSA) is 105 Å². The molecule has 4 rings (SSSR count). The van der Waals surface area contributed by atoms with Gasteiger partial charge in [-0.1, -0.05) is 48.5 Å². The lowest BCUT2D eigenvalue weighted by Gasteiger charge is -2.24. The number of halogens is 2. The van der Waals surface area contributed by atoms with Gasteiger partial charge >= 0.3 is 5.97 Å². The van der Waals surface area contributed by atoms with Crippen molar-refractivity contribution in [3.8, 4) is 22.6 Å². The van der Waals surface area contributed by atoms with Gasteiger partial charge in [0.05, 0.1) is 20.1 Å². The summed E-state index contributed by atoms with van der Waals surface area (Å²) in [6.07, 6.45) is 0.162. The summed E-state index contributed by atoms with van der Waals surface area (Å²) in [6, 6.07) is 22.3. The molecule has 0 bridgehead atoms. The molecule has 0 unspecified atom stereocenters. The Hall–Kier alpha value is -5.25. The summed E-state index contributed by atoms with van der Waals surface area (Å²) in [5.74, 6) is -2.43. The number of nitrogens with zero attached hydrogens (tertiary/aromatic N) is 1. The average molecular weight is 617 g/mol. The van der Waals surface area contributed by atoms with Crippen LogP contribution in [0.3, 0.4) is 0 Å². The maximum absolute atomic E-state index is 14.2. The normalized spacial score (nSPS) is 10.7. The van der Waals surface area contributed by atoms with Gasteiger partial charge in [0.25, 0.3) is 11.8 Å². The lowest BCUT2D eigenvalue weighted by atomic mass is 9.94. The van der Waals surface area contributed by atoms with Crippen molar-refractivity contribution in [2.45, 2.75) is 26.3 Å². The Bertz CT molecular complexity index is 1660. The van der Waals surface area contributed by atoms with Crippen LogP contribution in [-0.2, 0) is 17.8 Å². The lowest BCUT2D eigenvalue weighted by Crippen LogP contribution is -2.35. The summed E-state index contributed by atoms with van der Waals surface area (Å²) in [5.41, 5.74) is 1.96. The Morgan fingerprint density at radius 2 is 1.47 bits per heavy atom. The molecule has 0 saturated carbocycles. The van der Waals surface area contributed by atoms with Gasteiger partial charge in [-0.2, -0.15) is 0 Å². The van der Waals surface area contributed by atoms with Crippen molar-refractivity contribution in [3.05, 3.63) is 119 Å². The molecule has 0 fully saturated rings. The summed E-state index contributed by atoms with van der Waals surface area (Å²) in [4.78, 5) is 40.2. The fraction of sp³-hybridized carbons (Fsp3) is 0.229. The van der Waals surface area contributed by atoms with E-state index >= 15 is 0 Å². The molecule has 0 aliphatic rings. The highest BCUT2D eigenvalue weighted by molar-refractivity contribution is 6.06. The van der Waals surface area contributed by atoms with E-state index in [1.807, 2.05) is 19.1 Å². The van der Waals surface area contributed by atoms with Crippen molar-refractivity contribution in [1.82, 2.24) is 10.2 Å². The largest absolute Gasteiger partial charge is 0.493 e. The number of carbonyl (C=O) groups excluding carboxylic acids is 2. The van der Waals surface area contributed by atoms with Crippen LogP contribution in [0.2, 0.25) is 0 Å². The van der Waals surface area contributed by atoms with Crippen molar-refractivity contribution in [1.29, 1.82) is 0 Å². The van der Waals surface area contributed by atoms with Crippen molar-refractivity contribution in [3.63, 3.8) is 0 Å². The smallest absolute Gasteiger partial charge is 0.305 e. The minimum Gasteiger partial charge on any atom is -0.493 e. The zero-order valence-electron chi connectivity index (χ0n) is 25.0. The molecule has 0 spiro atoms. The number of hydrogen-bond donors (Lipinski definition) is 2. The number of benzene rings is 4. The Balaban J connectivity index is 1.61. The van der Waals surface area contributed by atoms with Gasteiger partial charge in [0.2, 0.25) is 0 Å². The number of ether oxygens (including phenoxy) is 2. The first-order chi connectivity index (χ1) is 21.7. The summed E-state index contributed by atoms with van der Waals surface area (Å²) in [7, 11) is 1.55. The fourth-order valence-corrected chi connectivity index (χ4v) is 4.91. The second kappa shape index (κ2) is 15.5. The van der Waals surface area contributed by atoms with Gasteiger partial charge in [-0.3, -0.25) is 14.4 Å². The van der Waals surface area contributed by atoms with Crippen LogP contribution in [0, 0.1) is 11.6 Å². The zero-order valence-corrected chi connectivity index (χ0v) is 25.0. The number of carboxylic acid groups (broad SMARTS) is 1. The van der Waals surface area contributed by atoms with Crippen LogP contribution in [0.4, 0.5) is 8.78 Å². The van der Waals surface area contributed by atoms with Crippen molar-refractivity contribution < 1.29 is 37.7 Å². The molecular formula is C35H34F2N2O6. The molecule has 0 saturated heterocycles. The predicted octanol–water partition coefficient (Wildman–Crippen LogP) is 6.13. The molecule has 0 radical (unpaired) electrons. The first-order valence-electron chi connectivity index (χ1n) is 14.4. The highest BCUT2D eigenvalue weighted by Gasteiger charge is 2.23. The molecule has 234 valence electrons. The minimum atomic E-state index is -1.04. The van der Waals surface area contributed by atoms with Gasteiger partial charge in [-0.25, -0.2) is 8.78 Å². The van der Waals surface area contributed by atoms with E-state index in [2.05, 4.69) is 5.32 Å². The van der Waals surface area contributed by atoms with Crippen LogP contribution in [-0.4, -0.2) is 54.6 Å². The summed E-state index contributed by atoms with van der Waals surface area (Å²) < 4.78 is 39.3. The van der Waals surface area contributed by atoms with Gasteiger partial charge in [0.1, 0.15) is 11.6 Å². The van der Waals surface area contributed by atoms with Gasteiger partial charge < -0.3 is 24.8 Å². The Morgan fingerprint density at radius 3 is 2.11 bits per heavy atom. The maximum atomic E-state index is 14.2. The molecule has 10 heteroatoms. The zero-order chi connectivity index (χ0) is 32.3. The maximum Gasteiger partial charge on any atom is 0.305 e. The molecule has 45 heavy (non-hydrogen) atoms. The van der Waals surface area contributed by atoms with E-state index in [-0.39, 0.29) is 42.7 Å². The van der Waals surface area contributed by atoms with Crippen LogP contribution in [0.1, 0.15) is 45.2 Å². The Labute approximate surface area is 260 Å². The third-order valence-electron chi connectivity index (χ3n) is 7.19. The standard InChI is InChI=1S/C35H34F2N2O6/c1-3-45-32-21-23(15-16-31(32)44-2)17-19-39(20-18-33(40)41)35(43)27-12-7-5-10-25(27)24-9-4-6-11-26(24)34(42)38-22-28-29(36)13-8-14-30(28)37/h4-16,21H,3,17-20,22H2,1-2H3,(H,38,42)(H,40,41). The van der Waals surface area contributed by atoms with Crippen molar-refractivity contribution in [2.75, 3.05) is 26.8 Å². The molecule has 4 aromatic rings. The van der Waals surface area contributed by atoms with Crippen molar-refractivity contribution in [2.24, 2.45) is 0 Å². The highest BCUT2D eigenvalue weighted by Crippen LogP contribution is 2.30. The van der Waals surface area contributed by atoms with Gasteiger partial charge in [0.15, 0.2) is 11.5 Å². The van der Waals surface area contributed by atoms with E-state index in [9.17, 15) is 28.3 Å². The molecule has 2 N–H and O–H groups in total. The monoisotopic (exact) mass is 616 g/mol. The Morgan fingerprint density at radius 1 is 0.822 bits per heavy atom. The van der Waals surface area contributed by atoms with Gasteiger partial charge in [-0.15, -0.1) is 0 Å². The van der Waals surface area contributed by atoms with Gasteiger partial charge in [-0.05, 0) is 66.4 Å². The SMILES string of the molecule is CCOc1cc(CCN(CCC(=O)O)C(=O)c2ccccc2-c2ccccc2C(=O)NCc2c(F)cccc2F)ccc1OC. The number of hydrogen-bond acceptors (Lipinski definition) is 5. The van der Waals surface area contributed by atoms with E-state index in [1.165, 1.54) is 11.0 Å². The van der Waals surface area contributed by atoms with Crippen LogP contribution in [0.5, 0.6) is 11.5 Å². The summed E-state index contributed by atoms with van der Waals surface area (Å²) in [5, 5.41) is 12.0. The first-order valence-corrected chi connectivity index (χ1v) is 14.4. The number of amides is 2. The van der Waals surface area contributed by atoms with Gasteiger partial charge in [0, 0.05) is 36.3 Å². The molecule has 4 aromatic carbocycles. The Kier molecular flexibility index (Phi) is 11.2. The number of carbonyl (C=O) groups is 3. The molecule has 2 amide bonds. The van der Waals surface area contributed by atoms with Crippen molar-refractivity contribution >= 4 is 17.8 Å². The molecular weight excluding hydrogens is 582 g/mol. The third kappa shape index (κ3) is 8.23. The molecule has 0 aliphatic carbocycles. The number of nitrogens with one attached hydrogen (secondary N) is 1. The number of aliphatic carboxylic acids is 1. The first kappa shape index (κ1) is 32.7. The van der Waals surface area contributed by atoms with Crippen LogP contribution >= 0.6 is 0 Å². The second-order valence-corrected chi connectivity index (χ2v) is 10.1. The van der Waals surface area contributed by atoms with E-state index in [1.54, 1.807) is 61.7 Å². The number of rotatable bonds is 14. The minimum absolute atomic E-state index is 0.0344. The highest BCUT2D eigenvalue weighted by atomic mass is 19.1. The molecule has 0 aliphatic heterocycles. The predicted molar refractivity (Wildman–Crippen MR) is 165 cm³/mol. The van der Waals surface area contributed by atoms with Crippen LogP contribution < -0.4 is 14.8 Å². The third-order valence-corrected chi connectivity index (χ3v) is 7.19.